The Hall–Kier alpha value is -0.160. The van der Waals surface area contributed by atoms with E-state index in [4.69, 9.17) is 9.47 Å². The summed E-state index contributed by atoms with van der Waals surface area (Å²) in [6.45, 7) is 4.77. The van der Waals surface area contributed by atoms with Crippen molar-refractivity contribution in [1.29, 1.82) is 0 Å². The second kappa shape index (κ2) is 5.96. The average molecular weight is 229 g/mol. The van der Waals surface area contributed by atoms with E-state index in [1.165, 1.54) is 12.8 Å². The summed E-state index contributed by atoms with van der Waals surface area (Å²) in [5, 5.41) is 13.0. The van der Waals surface area contributed by atoms with Crippen LogP contribution in [-0.2, 0) is 9.47 Å². The molecule has 0 aromatic carbocycles. The van der Waals surface area contributed by atoms with E-state index in [0.717, 1.165) is 25.6 Å². The molecule has 2 N–H and O–H groups in total. The first kappa shape index (κ1) is 12.3. The number of rotatable bonds is 7. The first-order valence-electron chi connectivity index (χ1n) is 6.36. The summed E-state index contributed by atoms with van der Waals surface area (Å²) >= 11 is 0. The van der Waals surface area contributed by atoms with Gasteiger partial charge in [0.15, 0.2) is 0 Å². The summed E-state index contributed by atoms with van der Waals surface area (Å²) in [5.41, 5.74) is 0. The van der Waals surface area contributed by atoms with Gasteiger partial charge in [0.2, 0.25) is 0 Å². The molecule has 94 valence electrons. The topological polar surface area (TPSA) is 50.7 Å². The van der Waals surface area contributed by atoms with Crippen LogP contribution in [0.1, 0.15) is 26.2 Å². The van der Waals surface area contributed by atoms with Gasteiger partial charge in [0.05, 0.1) is 18.8 Å². The maximum Gasteiger partial charge on any atom is 0.0897 e. The van der Waals surface area contributed by atoms with E-state index in [1.807, 2.05) is 0 Å². The molecule has 0 aromatic heterocycles. The van der Waals surface area contributed by atoms with E-state index in [0.29, 0.717) is 19.2 Å². The Balaban J connectivity index is 1.50. The minimum Gasteiger partial charge on any atom is -0.389 e. The van der Waals surface area contributed by atoms with Crippen molar-refractivity contribution >= 4 is 0 Å². The van der Waals surface area contributed by atoms with Crippen LogP contribution in [0.2, 0.25) is 0 Å². The van der Waals surface area contributed by atoms with Crippen molar-refractivity contribution in [2.24, 2.45) is 5.92 Å². The first-order valence-corrected chi connectivity index (χ1v) is 6.36. The highest BCUT2D eigenvalue weighted by molar-refractivity contribution is 4.80. The highest BCUT2D eigenvalue weighted by Crippen LogP contribution is 2.28. The molecule has 4 nitrogen and oxygen atoms in total. The normalized spacial score (nSPS) is 31.9. The predicted molar refractivity (Wildman–Crippen MR) is 61.4 cm³/mol. The SMILES string of the molecule is CC1OCCC1NCC(O)COCC1CC1. The molecule has 1 saturated carbocycles. The van der Waals surface area contributed by atoms with E-state index in [9.17, 15) is 5.11 Å². The Bertz CT molecular complexity index is 208. The van der Waals surface area contributed by atoms with Crippen molar-refractivity contribution in [3.8, 4) is 0 Å². The van der Waals surface area contributed by atoms with Crippen molar-refractivity contribution in [2.45, 2.75) is 44.4 Å². The number of nitrogens with one attached hydrogen (secondary N) is 1. The van der Waals surface area contributed by atoms with Crippen LogP contribution in [0.3, 0.4) is 0 Å². The summed E-state index contributed by atoms with van der Waals surface area (Å²) in [5.74, 6) is 0.767. The molecule has 1 aliphatic carbocycles. The Kier molecular flexibility index (Phi) is 4.58. The van der Waals surface area contributed by atoms with Crippen LogP contribution in [-0.4, -0.2) is 49.7 Å². The van der Waals surface area contributed by atoms with Crippen LogP contribution in [0.25, 0.3) is 0 Å². The van der Waals surface area contributed by atoms with E-state index in [1.54, 1.807) is 0 Å². The van der Waals surface area contributed by atoms with Gasteiger partial charge >= 0.3 is 0 Å². The molecule has 0 bridgehead atoms. The molecule has 1 aliphatic heterocycles. The predicted octanol–water partition coefficient (Wildman–Crippen LogP) is 0.541. The van der Waals surface area contributed by atoms with Gasteiger partial charge < -0.3 is 19.9 Å². The minimum absolute atomic E-state index is 0.264. The molecule has 2 fully saturated rings. The lowest BCUT2D eigenvalue weighted by Gasteiger charge is -2.18. The fourth-order valence-corrected chi connectivity index (χ4v) is 2.00. The molecule has 1 heterocycles. The monoisotopic (exact) mass is 229 g/mol. The molecule has 1 saturated heterocycles. The molecule has 0 aromatic rings. The highest BCUT2D eigenvalue weighted by atomic mass is 16.5. The highest BCUT2D eigenvalue weighted by Gasteiger charge is 2.24. The van der Waals surface area contributed by atoms with Crippen LogP contribution in [0.5, 0.6) is 0 Å². The molecule has 3 atom stereocenters. The lowest BCUT2D eigenvalue weighted by atomic mass is 10.1. The van der Waals surface area contributed by atoms with Gasteiger partial charge in [0.25, 0.3) is 0 Å². The average Bonchev–Trinajstić information content (AvgIpc) is 2.99. The molecule has 3 unspecified atom stereocenters. The largest absolute Gasteiger partial charge is 0.389 e. The quantitative estimate of drug-likeness (QED) is 0.669. The molecule has 0 spiro atoms. The minimum atomic E-state index is -0.397. The van der Waals surface area contributed by atoms with Crippen LogP contribution in [0, 0.1) is 5.92 Å². The first-order chi connectivity index (χ1) is 7.75. The lowest BCUT2D eigenvalue weighted by Crippen LogP contribution is -2.40. The van der Waals surface area contributed by atoms with Gasteiger partial charge in [0, 0.05) is 25.8 Å². The number of ether oxygens (including phenoxy) is 2. The summed E-state index contributed by atoms with van der Waals surface area (Å²) in [4.78, 5) is 0. The number of aliphatic hydroxyl groups is 1. The summed E-state index contributed by atoms with van der Waals surface area (Å²) < 4.78 is 10.9. The van der Waals surface area contributed by atoms with Gasteiger partial charge in [0.1, 0.15) is 0 Å². The van der Waals surface area contributed by atoms with Crippen molar-refractivity contribution in [3.05, 3.63) is 0 Å². The standard InChI is InChI=1S/C12H23NO3/c1-9-12(4-5-16-9)13-6-11(14)8-15-7-10-2-3-10/h9-14H,2-8H2,1H3. The molecule has 16 heavy (non-hydrogen) atoms. The number of hydrogen-bond acceptors (Lipinski definition) is 4. The number of aliphatic hydroxyl groups excluding tert-OH is 1. The van der Waals surface area contributed by atoms with Crippen molar-refractivity contribution in [2.75, 3.05) is 26.4 Å². The smallest absolute Gasteiger partial charge is 0.0897 e. The van der Waals surface area contributed by atoms with Crippen molar-refractivity contribution in [1.82, 2.24) is 5.32 Å². The number of hydrogen-bond donors (Lipinski definition) is 2. The molecule has 2 rings (SSSR count). The molecule has 2 aliphatic rings. The molecular weight excluding hydrogens is 206 g/mol. The Morgan fingerprint density at radius 1 is 1.44 bits per heavy atom. The Morgan fingerprint density at radius 3 is 2.88 bits per heavy atom. The third-order valence-electron chi connectivity index (χ3n) is 3.35. The Morgan fingerprint density at radius 2 is 2.25 bits per heavy atom. The zero-order valence-corrected chi connectivity index (χ0v) is 10.0. The van der Waals surface area contributed by atoms with Crippen LogP contribution >= 0.6 is 0 Å². The maximum absolute atomic E-state index is 9.70. The third kappa shape index (κ3) is 4.01. The van der Waals surface area contributed by atoms with E-state index < -0.39 is 6.10 Å². The molecule has 0 radical (unpaired) electrons. The maximum atomic E-state index is 9.70. The summed E-state index contributed by atoms with van der Waals surface area (Å²) in [6.07, 6.45) is 3.50. The van der Waals surface area contributed by atoms with E-state index in [2.05, 4.69) is 12.2 Å². The van der Waals surface area contributed by atoms with Gasteiger partial charge in [-0.1, -0.05) is 0 Å². The van der Waals surface area contributed by atoms with Crippen LogP contribution in [0.15, 0.2) is 0 Å². The van der Waals surface area contributed by atoms with Crippen LogP contribution in [0.4, 0.5) is 0 Å². The molecular formula is C12H23NO3. The van der Waals surface area contributed by atoms with Gasteiger partial charge in [-0.05, 0) is 32.1 Å². The van der Waals surface area contributed by atoms with E-state index >= 15 is 0 Å². The Labute approximate surface area is 97.3 Å². The van der Waals surface area contributed by atoms with Gasteiger partial charge in [-0.15, -0.1) is 0 Å². The summed E-state index contributed by atoms with van der Waals surface area (Å²) in [6, 6.07) is 0.387. The fourth-order valence-electron chi connectivity index (χ4n) is 2.00. The van der Waals surface area contributed by atoms with Crippen molar-refractivity contribution < 1.29 is 14.6 Å². The van der Waals surface area contributed by atoms with Crippen molar-refractivity contribution in [3.63, 3.8) is 0 Å². The summed E-state index contributed by atoms with van der Waals surface area (Å²) in [7, 11) is 0. The molecule has 4 heteroatoms. The van der Waals surface area contributed by atoms with Gasteiger partial charge in [-0.25, -0.2) is 0 Å². The zero-order chi connectivity index (χ0) is 11.4. The fraction of sp³-hybridized carbons (Fsp3) is 1.00. The lowest BCUT2D eigenvalue weighted by molar-refractivity contribution is 0.0294. The van der Waals surface area contributed by atoms with Crippen LogP contribution < -0.4 is 5.32 Å². The molecule has 0 amide bonds. The van der Waals surface area contributed by atoms with Gasteiger partial charge in [-0.3, -0.25) is 0 Å². The second-order valence-electron chi connectivity index (χ2n) is 5.01. The van der Waals surface area contributed by atoms with E-state index in [-0.39, 0.29) is 6.10 Å². The second-order valence-corrected chi connectivity index (χ2v) is 5.01. The third-order valence-corrected chi connectivity index (χ3v) is 3.35. The zero-order valence-electron chi connectivity index (χ0n) is 10.0. The van der Waals surface area contributed by atoms with Gasteiger partial charge in [-0.2, -0.15) is 0 Å².